The van der Waals surface area contributed by atoms with Crippen LogP contribution in [0.15, 0.2) is 53.7 Å². The van der Waals surface area contributed by atoms with E-state index in [0.717, 1.165) is 24.2 Å². The molecule has 0 unspecified atom stereocenters. The second-order valence-electron chi connectivity index (χ2n) is 4.98. The molecular formula is C17H21N3O. The van der Waals surface area contributed by atoms with Gasteiger partial charge in [0.25, 0.3) is 0 Å². The molecule has 0 aliphatic rings. The van der Waals surface area contributed by atoms with Crippen molar-refractivity contribution in [1.82, 2.24) is 0 Å². The van der Waals surface area contributed by atoms with E-state index in [9.17, 15) is 0 Å². The smallest absolute Gasteiger partial charge is 0.170 e. The number of nitrogens with zero attached hydrogens (tertiary/aromatic N) is 2. The Bertz CT molecular complexity index is 623. The monoisotopic (exact) mass is 283 g/mol. The van der Waals surface area contributed by atoms with Gasteiger partial charge in [0, 0.05) is 24.3 Å². The van der Waals surface area contributed by atoms with Crippen LogP contribution in [0, 0.1) is 6.92 Å². The van der Waals surface area contributed by atoms with Gasteiger partial charge in [-0.25, -0.2) is 0 Å². The number of hydrogen-bond donors (Lipinski definition) is 2. The van der Waals surface area contributed by atoms with Crippen molar-refractivity contribution >= 4 is 11.5 Å². The molecule has 0 aliphatic carbocycles. The summed E-state index contributed by atoms with van der Waals surface area (Å²) >= 11 is 0. The molecule has 21 heavy (non-hydrogen) atoms. The summed E-state index contributed by atoms with van der Waals surface area (Å²) in [4.78, 5) is 2.31. The number of anilines is 1. The van der Waals surface area contributed by atoms with Gasteiger partial charge in [0.15, 0.2) is 5.84 Å². The zero-order valence-electron chi connectivity index (χ0n) is 12.5. The molecule has 0 saturated heterocycles. The van der Waals surface area contributed by atoms with Gasteiger partial charge in [-0.05, 0) is 43.2 Å². The molecule has 3 N–H and O–H groups in total. The molecule has 0 atom stereocenters. The summed E-state index contributed by atoms with van der Waals surface area (Å²) in [5.74, 6) is 0.139. The molecule has 4 nitrogen and oxygen atoms in total. The SMILES string of the molecule is CCN(Cc1ccc(/C(N)=N/O)cc1C)c1ccccc1. The van der Waals surface area contributed by atoms with E-state index in [1.807, 2.05) is 43.3 Å². The van der Waals surface area contributed by atoms with Crippen molar-refractivity contribution in [2.24, 2.45) is 10.9 Å². The number of aryl methyl sites for hydroxylation is 1. The molecule has 0 radical (unpaired) electrons. The molecular weight excluding hydrogens is 262 g/mol. The van der Waals surface area contributed by atoms with Gasteiger partial charge in [0.1, 0.15) is 0 Å². The molecule has 0 saturated carbocycles. The Balaban J connectivity index is 2.23. The van der Waals surface area contributed by atoms with Gasteiger partial charge in [-0.3, -0.25) is 0 Å². The van der Waals surface area contributed by atoms with E-state index >= 15 is 0 Å². The molecule has 2 aromatic rings. The lowest BCUT2D eigenvalue weighted by Crippen LogP contribution is -2.22. The third kappa shape index (κ3) is 3.54. The van der Waals surface area contributed by atoms with Gasteiger partial charge in [-0.2, -0.15) is 0 Å². The van der Waals surface area contributed by atoms with Crippen LogP contribution in [0.4, 0.5) is 5.69 Å². The van der Waals surface area contributed by atoms with Crippen molar-refractivity contribution in [3.63, 3.8) is 0 Å². The van der Waals surface area contributed by atoms with Crippen LogP contribution < -0.4 is 10.6 Å². The molecule has 2 aromatic carbocycles. The summed E-state index contributed by atoms with van der Waals surface area (Å²) in [6, 6.07) is 16.2. The minimum absolute atomic E-state index is 0.139. The van der Waals surface area contributed by atoms with Crippen LogP contribution in [0.5, 0.6) is 0 Å². The van der Waals surface area contributed by atoms with E-state index in [2.05, 4.69) is 29.1 Å². The number of hydrogen-bond acceptors (Lipinski definition) is 3. The van der Waals surface area contributed by atoms with Crippen molar-refractivity contribution in [2.45, 2.75) is 20.4 Å². The van der Waals surface area contributed by atoms with Crippen LogP contribution in [0.3, 0.4) is 0 Å². The van der Waals surface area contributed by atoms with E-state index in [4.69, 9.17) is 10.9 Å². The van der Waals surface area contributed by atoms with Gasteiger partial charge in [-0.1, -0.05) is 35.5 Å². The molecule has 0 aliphatic heterocycles. The number of rotatable bonds is 5. The third-order valence-corrected chi connectivity index (χ3v) is 3.61. The maximum absolute atomic E-state index is 8.74. The Morgan fingerprint density at radius 2 is 1.90 bits per heavy atom. The molecule has 0 bridgehead atoms. The summed E-state index contributed by atoms with van der Waals surface area (Å²) in [5.41, 5.74) is 9.93. The highest BCUT2D eigenvalue weighted by Gasteiger charge is 2.08. The minimum Gasteiger partial charge on any atom is -0.409 e. The van der Waals surface area contributed by atoms with Gasteiger partial charge < -0.3 is 15.8 Å². The zero-order valence-corrected chi connectivity index (χ0v) is 12.5. The van der Waals surface area contributed by atoms with Crippen molar-refractivity contribution in [1.29, 1.82) is 0 Å². The third-order valence-electron chi connectivity index (χ3n) is 3.61. The van der Waals surface area contributed by atoms with Crippen LogP contribution in [0.1, 0.15) is 23.6 Å². The van der Waals surface area contributed by atoms with Crippen molar-refractivity contribution in [3.05, 3.63) is 65.2 Å². The quantitative estimate of drug-likeness (QED) is 0.383. The largest absolute Gasteiger partial charge is 0.409 e. The number of nitrogens with two attached hydrogens (primary N) is 1. The van der Waals surface area contributed by atoms with Gasteiger partial charge in [0.2, 0.25) is 0 Å². The van der Waals surface area contributed by atoms with Crippen LogP contribution in [-0.2, 0) is 6.54 Å². The second-order valence-corrected chi connectivity index (χ2v) is 4.98. The highest BCUT2D eigenvalue weighted by Crippen LogP contribution is 2.19. The van der Waals surface area contributed by atoms with E-state index in [1.54, 1.807) is 0 Å². The fourth-order valence-electron chi connectivity index (χ4n) is 2.32. The first kappa shape index (κ1) is 14.9. The van der Waals surface area contributed by atoms with Gasteiger partial charge >= 0.3 is 0 Å². The first-order valence-electron chi connectivity index (χ1n) is 7.03. The molecule has 0 heterocycles. The topological polar surface area (TPSA) is 61.8 Å². The lowest BCUT2D eigenvalue weighted by Gasteiger charge is -2.24. The van der Waals surface area contributed by atoms with E-state index < -0.39 is 0 Å². The lowest BCUT2D eigenvalue weighted by molar-refractivity contribution is 0.318. The molecule has 0 amide bonds. The molecule has 0 aromatic heterocycles. The molecule has 4 heteroatoms. The summed E-state index contributed by atoms with van der Waals surface area (Å²) in [7, 11) is 0. The Kier molecular flexibility index (Phi) is 4.82. The molecule has 2 rings (SSSR count). The van der Waals surface area contributed by atoms with Crippen LogP contribution in [0.2, 0.25) is 0 Å². The minimum atomic E-state index is 0.139. The number of para-hydroxylation sites is 1. The van der Waals surface area contributed by atoms with Gasteiger partial charge in [0.05, 0.1) is 0 Å². The normalized spacial score (nSPS) is 11.4. The second kappa shape index (κ2) is 6.79. The van der Waals surface area contributed by atoms with Crippen LogP contribution in [0.25, 0.3) is 0 Å². The predicted molar refractivity (Wildman–Crippen MR) is 86.9 cm³/mol. The van der Waals surface area contributed by atoms with E-state index in [1.165, 1.54) is 11.3 Å². The average molecular weight is 283 g/mol. The first-order chi connectivity index (χ1) is 10.2. The van der Waals surface area contributed by atoms with Crippen molar-refractivity contribution < 1.29 is 5.21 Å². The predicted octanol–water partition coefficient (Wildman–Crippen LogP) is 3.12. The number of amidine groups is 1. The fourth-order valence-corrected chi connectivity index (χ4v) is 2.32. The van der Waals surface area contributed by atoms with Crippen molar-refractivity contribution in [3.8, 4) is 0 Å². The van der Waals surface area contributed by atoms with E-state index in [0.29, 0.717) is 0 Å². The molecule has 0 spiro atoms. The summed E-state index contributed by atoms with van der Waals surface area (Å²) in [6.45, 7) is 5.96. The first-order valence-corrected chi connectivity index (χ1v) is 7.03. The Labute approximate surface area is 125 Å². The van der Waals surface area contributed by atoms with Crippen LogP contribution in [-0.4, -0.2) is 17.6 Å². The maximum Gasteiger partial charge on any atom is 0.170 e. The lowest BCUT2D eigenvalue weighted by atomic mass is 10.0. The van der Waals surface area contributed by atoms with E-state index in [-0.39, 0.29) is 5.84 Å². The number of benzene rings is 2. The highest BCUT2D eigenvalue weighted by atomic mass is 16.4. The fraction of sp³-hybridized carbons (Fsp3) is 0.235. The van der Waals surface area contributed by atoms with Gasteiger partial charge in [-0.15, -0.1) is 0 Å². The Morgan fingerprint density at radius 1 is 1.19 bits per heavy atom. The Morgan fingerprint density at radius 3 is 2.48 bits per heavy atom. The molecule has 0 fully saturated rings. The maximum atomic E-state index is 8.74. The average Bonchev–Trinajstić information content (AvgIpc) is 2.53. The summed E-state index contributed by atoms with van der Waals surface area (Å²) in [6.07, 6.45) is 0. The van der Waals surface area contributed by atoms with Crippen molar-refractivity contribution in [2.75, 3.05) is 11.4 Å². The number of oxime groups is 1. The Hall–Kier alpha value is -2.49. The summed E-state index contributed by atoms with van der Waals surface area (Å²) in [5, 5.41) is 11.8. The highest BCUT2D eigenvalue weighted by molar-refractivity contribution is 5.97. The summed E-state index contributed by atoms with van der Waals surface area (Å²) < 4.78 is 0. The zero-order chi connectivity index (χ0) is 15.2. The van der Waals surface area contributed by atoms with Crippen LogP contribution >= 0.6 is 0 Å². The molecule has 110 valence electrons. The standard InChI is InChI=1S/C17H21N3O/c1-3-20(16-7-5-4-6-8-16)12-15-10-9-14(11-13(15)2)17(18)19-21/h4-11,21H,3,12H2,1-2H3,(H2,18,19).